The Morgan fingerprint density at radius 1 is 1.12 bits per heavy atom. The highest BCUT2D eigenvalue weighted by atomic mass is 16.7. The predicted octanol–water partition coefficient (Wildman–Crippen LogP) is 3.44. The van der Waals surface area contributed by atoms with Gasteiger partial charge in [-0.3, -0.25) is 9.69 Å². The summed E-state index contributed by atoms with van der Waals surface area (Å²) in [6.45, 7) is 6.25. The molecule has 1 N–H and O–H groups in total. The molecule has 25 heavy (non-hydrogen) atoms. The molecule has 1 amide bonds. The number of carbonyl (C=O) groups excluding carboxylic acids is 1. The number of aryl methyl sites for hydroxylation is 1. The van der Waals surface area contributed by atoms with Gasteiger partial charge in [-0.05, 0) is 42.3 Å². The number of hydrogen-bond donors (Lipinski definition) is 1. The third kappa shape index (κ3) is 4.31. The Hall–Kier alpha value is -2.53. The molecule has 0 bridgehead atoms. The Morgan fingerprint density at radius 2 is 1.92 bits per heavy atom. The summed E-state index contributed by atoms with van der Waals surface area (Å²) in [5, 5.41) is 3.03. The van der Waals surface area contributed by atoms with Crippen molar-refractivity contribution >= 4 is 11.6 Å². The first-order valence-electron chi connectivity index (χ1n) is 8.68. The standard InChI is InChI=1S/C20H24N2O3/c1-3-16-7-5-6-8-17(16)21-20(23)13-22(4-2)12-15-9-10-18-19(11-15)25-14-24-18/h5-11H,3-4,12-14H2,1-2H3,(H,21,23). The Labute approximate surface area is 148 Å². The Morgan fingerprint density at radius 3 is 2.72 bits per heavy atom. The van der Waals surface area contributed by atoms with Crippen molar-refractivity contribution in [2.24, 2.45) is 0 Å². The molecule has 1 aliphatic rings. The zero-order valence-electron chi connectivity index (χ0n) is 14.7. The average Bonchev–Trinajstić information content (AvgIpc) is 3.09. The maximum absolute atomic E-state index is 12.4. The van der Waals surface area contributed by atoms with E-state index in [-0.39, 0.29) is 12.7 Å². The summed E-state index contributed by atoms with van der Waals surface area (Å²) in [4.78, 5) is 14.5. The zero-order chi connectivity index (χ0) is 17.6. The molecular weight excluding hydrogens is 316 g/mol. The van der Waals surface area contributed by atoms with Crippen molar-refractivity contribution in [3.05, 3.63) is 53.6 Å². The SMILES string of the molecule is CCc1ccccc1NC(=O)CN(CC)Cc1ccc2c(c1)OCO2. The molecule has 1 aliphatic heterocycles. The van der Waals surface area contributed by atoms with Crippen LogP contribution in [0.2, 0.25) is 0 Å². The van der Waals surface area contributed by atoms with E-state index in [1.54, 1.807) is 0 Å². The van der Waals surface area contributed by atoms with Gasteiger partial charge in [0, 0.05) is 12.2 Å². The molecule has 0 saturated carbocycles. The summed E-state index contributed by atoms with van der Waals surface area (Å²) < 4.78 is 10.8. The van der Waals surface area contributed by atoms with E-state index in [1.807, 2.05) is 42.5 Å². The number of ether oxygens (including phenoxy) is 2. The lowest BCUT2D eigenvalue weighted by molar-refractivity contribution is -0.117. The highest BCUT2D eigenvalue weighted by Gasteiger charge is 2.16. The summed E-state index contributed by atoms with van der Waals surface area (Å²) in [6, 6.07) is 13.8. The number of benzene rings is 2. The third-order valence-electron chi connectivity index (χ3n) is 4.33. The van der Waals surface area contributed by atoms with Crippen molar-refractivity contribution in [2.45, 2.75) is 26.8 Å². The van der Waals surface area contributed by atoms with Crippen LogP contribution < -0.4 is 14.8 Å². The molecule has 0 unspecified atom stereocenters. The minimum atomic E-state index is 0.00323. The Kier molecular flexibility index (Phi) is 5.56. The lowest BCUT2D eigenvalue weighted by Gasteiger charge is -2.20. The Balaban J connectivity index is 1.60. The molecule has 0 radical (unpaired) electrons. The van der Waals surface area contributed by atoms with E-state index >= 15 is 0 Å². The predicted molar refractivity (Wildman–Crippen MR) is 98.0 cm³/mol. The first-order chi connectivity index (χ1) is 12.2. The van der Waals surface area contributed by atoms with Gasteiger partial charge in [0.1, 0.15) is 0 Å². The van der Waals surface area contributed by atoms with Crippen LogP contribution in [0.4, 0.5) is 5.69 Å². The highest BCUT2D eigenvalue weighted by Crippen LogP contribution is 2.32. The number of hydrogen-bond acceptors (Lipinski definition) is 4. The molecule has 132 valence electrons. The number of fused-ring (bicyclic) bond motifs is 1. The first-order valence-corrected chi connectivity index (χ1v) is 8.68. The summed E-state index contributed by atoms with van der Waals surface area (Å²) in [5.41, 5.74) is 3.15. The van der Waals surface area contributed by atoms with Crippen LogP contribution in [0.1, 0.15) is 25.0 Å². The Bertz CT molecular complexity index is 745. The van der Waals surface area contributed by atoms with Crippen LogP contribution >= 0.6 is 0 Å². The lowest BCUT2D eigenvalue weighted by atomic mass is 10.1. The largest absolute Gasteiger partial charge is 0.454 e. The molecule has 2 aromatic rings. The molecule has 0 aromatic heterocycles. The van der Waals surface area contributed by atoms with Crippen LogP contribution in [-0.2, 0) is 17.8 Å². The van der Waals surface area contributed by atoms with Gasteiger partial charge in [0.05, 0.1) is 6.54 Å². The van der Waals surface area contributed by atoms with Crippen LogP contribution in [0.5, 0.6) is 11.5 Å². The van der Waals surface area contributed by atoms with Crippen molar-refractivity contribution < 1.29 is 14.3 Å². The van der Waals surface area contributed by atoms with E-state index in [0.717, 1.165) is 41.3 Å². The van der Waals surface area contributed by atoms with Gasteiger partial charge in [-0.2, -0.15) is 0 Å². The number of nitrogens with one attached hydrogen (secondary N) is 1. The fourth-order valence-corrected chi connectivity index (χ4v) is 2.92. The van der Waals surface area contributed by atoms with Crippen LogP contribution in [0.15, 0.2) is 42.5 Å². The molecule has 2 aromatic carbocycles. The average molecular weight is 340 g/mol. The van der Waals surface area contributed by atoms with Gasteiger partial charge in [-0.1, -0.05) is 38.1 Å². The van der Waals surface area contributed by atoms with Crippen LogP contribution in [0, 0.1) is 0 Å². The van der Waals surface area contributed by atoms with E-state index in [0.29, 0.717) is 13.1 Å². The first kappa shape index (κ1) is 17.3. The van der Waals surface area contributed by atoms with E-state index < -0.39 is 0 Å². The van der Waals surface area contributed by atoms with Gasteiger partial charge >= 0.3 is 0 Å². The molecule has 0 spiro atoms. The second kappa shape index (κ2) is 8.03. The minimum Gasteiger partial charge on any atom is -0.454 e. The monoisotopic (exact) mass is 340 g/mol. The van der Waals surface area contributed by atoms with Crippen LogP contribution in [-0.4, -0.2) is 30.7 Å². The van der Waals surface area contributed by atoms with Gasteiger partial charge < -0.3 is 14.8 Å². The fraction of sp³-hybridized carbons (Fsp3) is 0.350. The third-order valence-corrected chi connectivity index (χ3v) is 4.33. The van der Waals surface area contributed by atoms with Crippen molar-refractivity contribution in [1.29, 1.82) is 0 Å². The second-order valence-electron chi connectivity index (χ2n) is 6.05. The van der Waals surface area contributed by atoms with Gasteiger partial charge in [-0.25, -0.2) is 0 Å². The number of para-hydroxylation sites is 1. The van der Waals surface area contributed by atoms with E-state index in [2.05, 4.69) is 24.1 Å². The molecular formula is C20H24N2O3. The number of anilines is 1. The molecule has 3 rings (SSSR count). The maximum Gasteiger partial charge on any atom is 0.238 e. The maximum atomic E-state index is 12.4. The molecule has 1 heterocycles. The van der Waals surface area contributed by atoms with E-state index in [9.17, 15) is 4.79 Å². The molecule has 0 saturated heterocycles. The van der Waals surface area contributed by atoms with Gasteiger partial charge in [-0.15, -0.1) is 0 Å². The number of carbonyl (C=O) groups is 1. The smallest absolute Gasteiger partial charge is 0.238 e. The normalized spacial score (nSPS) is 12.4. The summed E-state index contributed by atoms with van der Waals surface area (Å²) in [6.07, 6.45) is 0.894. The zero-order valence-corrected chi connectivity index (χ0v) is 14.7. The van der Waals surface area contributed by atoms with Crippen LogP contribution in [0.3, 0.4) is 0 Å². The van der Waals surface area contributed by atoms with Crippen molar-refractivity contribution in [3.63, 3.8) is 0 Å². The number of amides is 1. The number of likely N-dealkylation sites (N-methyl/N-ethyl adjacent to an activating group) is 1. The summed E-state index contributed by atoms with van der Waals surface area (Å²) in [7, 11) is 0. The second-order valence-corrected chi connectivity index (χ2v) is 6.05. The van der Waals surface area contributed by atoms with Gasteiger partial charge in [0.2, 0.25) is 12.7 Å². The van der Waals surface area contributed by atoms with Gasteiger partial charge in [0.15, 0.2) is 11.5 Å². The van der Waals surface area contributed by atoms with E-state index in [1.165, 1.54) is 0 Å². The summed E-state index contributed by atoms with van der Waals surface area (Å²) >= 11 is 0. The molecule has 0 atom stereocenters. The van der Waals surface area contributed by atoms with Gasteiger partial charge in [0.25, 0.3) is 0 Å². The van der Waals surface area contributed by atoms with Crippen molar-refractivity contribution in [1.82, 2.24) is 4.90 Å². The fourth-order valence-electron chi connectivity index (χ4n) is 2.92. The minimum absolute atomic E-state index is 0.00323. The quantitative estimate of drug-likeness (QED) is 0.839. The molecule has 0 aliphatic carbocycles. The molecule has 5 nitrogen and oxygen atoms in total. The lowest BCUT2D eigenvalue weighted by Crippen LogP contribution is -2.33. The van der Waals surface area contributed by atoms with Crippen molar-refractivity contribution in [3.8, 4) is 11.5 Å². The number of nitrogens with zero attached hydrogens (tertiary/aromatic N) is 1. The van der Waals surface area contributed by atoms with Crippen molar-refractivity contribution in [2.75, 3.05) is 25.2 Å². The van der Waals surface area contributed by atoms with Crippen LogP contribution in [0.25, 0.3) is 0 Å². The molecule has 5 heteroatoms. The summed E-state index contributed by atoms with van der Waals surface area (Å²) in [5.74, 6) is 1.55. The molecule has 0 fully saturated rings. The topological polar surface area (TPSA) is 50.8 Å². The highest BCUT2D eigenvalue weighted by molar-refractivity contribution is 5.93. The number of rotatable bonds is 7. The van der Waals surface area contributed by atoms with E-state index in [4.69, 9.17) is 9.47 Å².